The molecule has 124 valence electrons. The van der Waals surface area contributed by atoms with Crippen molar-refractivity contribution < 1.29 is 19.1 Å². The van der Waals surface area contributed by atoms with Crippen molar-refractivity contribution in [2.75, 3.05) is 19.0 Å². The molecule has 0 aliphatic heterocycles. The van der Waals surface area contributed by atoms with Gasteiger partial charge in [0.2, 0.25) is 0 Å². The number of amides is 1. The average molecular weight is 344 g/mol. The molecule has 1 aromatic heterocycles. The number of carbonyl (C=O) groups excluding carboxylic acids is 2. The first-order valence-corrected chi connectivity index (χ1v) is 8.00. The lowest BCUT2D eigenvalue weighted by atomic mass is 10.1. The molecule has 1 heterocycles. The van der Waals surface area contributed by atoms with Gasteiger partial charge in [-0.25, -0.2) is 4.79 Å². The van der Waals surface area contributed by atoms with Crippen LogP contribution in [0.15, 0.2) is 24.3 Å². The van der Waals surface area contributed by atoms with Crippen molar-refractivity contribution in [1.82, 2.24) is 0 Å². The number of ether oxygens (including phenoxy) is 2. The van der Waals surface area contributed by atoms with Crippen LogP contribution in [0.2, 0.25) is 0 Å². The average Bonchev–Trinajstić information content (AvgIpc) is 2.90. The van der Waals surface area contributed by atoms with E-state index in [4.69, 9.17) is 9.47 Å². The lowest BCUT2D eigenvalue weighted by molar-refractivity contribution is 0.0605. The first kappa shape index (κ1) is 17.5. The van der Waals surface area contributed by atoms with E-state index in [9.17, 15) is 14.9 Å². The van der Waals surface area contributed by atoms with E-state index in [2.05, 4.69) is 5.32 Å². The van der Waals surface area contributed by atoms with Gasteiger partial charge in [0.15, 0.2) is 0 Å². The molecule has 2 rings (SSSR count). The highest BCUT2D eigenvalue weighted by Crippen LogP contribution is 2.33. The minimum Gasteiger partial charge on any atom is -0.493 e. The number of carbonyl (C=O) groups is 2. The van der Waals surface area contributed by atoms with Crippen molar-refractivity contribution in [3.63, 3.8) is 0 Å². The van der Waals surface area contributed by atoms with Gasteiger partial charge in [-0.3, -0.25) is 4.79 Å². The number of anilines is 1. The number of nitriles is 1. The molecule has 0 atom stereocenters. The summed E-state index contributed by atoms with van der Waals surface area (Å²) in [6.07, 6.45) is 0. The summed E-state index contributed by atoms with van der Waals surface area (Å²) < 4.78 is 10.1. The first-order valence-electron chi connectivity index (χ1n) is 7.18. The van der Waals surface area contributed by atoms with Crippen LogP contribution >= 0.6 is 11.3 Å². The second-order valence-electron chi connectivity index (χ2n) is 4.75. The Morgan fingerprint density at radius 3 is 2.67 bits per heavy atom. The molecule has 0 radical (unpaired) electrons. The van der Waals surface area contributed by atoms with Gasteiger partial charge in [0.05, 0.1) is 24.8 Å². The smallest absolute Gasteiger partial charge is 0.348 e. The predicted molar refractivity (Wildman–Crippen MR) is 90.7 cm³/mol. The molecule has 1 N–H and O–H groups in total. The van der Waals surface area contributed by atoms with Crippen molar-refractivity contribution in [2.45, 2.75) is 13.8 Å². The number of hydrogen-bond donors (Lipinski definition) is 1. The van der Waals surface area contributed by atoms with Crippen molar-refractivity contribution in [2.24, 2.45) is 0 Å². The van der Waals surface area contributed by atoms with Gasteiger partial charge in [-0.2, -0.15) is 5.26 Å². The molecule has 0 aliphatic carbocycles. The monoisotopic (exact) mass is 344 g/mol. The van der Waals surface area contributed by atoms with Crippen LogP contribution in [-0.4, -0.2) is 25.6 Å². The molecule has 24 heavy (non-hydrogen) atoms. The third kappa shape index (κ3) is 3.39. The van der Waals surface area contributed by atoms with E-state index in [1.807, 2.05) is 13.0 Å². The van der Waals surface area contributed by atoms with Gasteiger partial charge in [0.25, 0.3) is 5.91 Å². The number of benzene rings is 1. The Morgan fingerprint density at radius 2 is 2.04 bits per heavy atom. The topological polar surface area (TPSA) is 88.4 Å². The third-order valence-electron chi connectivity index (χ3n) is 3.29. The minimum absolute atomic E-state index is 0.252. The van der Waals surface area contributed by atoms with Gasteiger partial charge in [0, 0.05) is 0 Å². The Hall–Kier alpha value is -2.85. The van der Waals surface area contributed by atoms with E-state index >= 15 is 0 Å². The number of thiophene rings is 1. The van der Waals surface area contributed by atoms with Crippen LogP contribution in [0.5, 0.6) is 5.75 Å². The van der Waals surface area contributed by atoms with Crippen molar-refractivity contribution in [3.05, 3.63) is 45.8 Å². The van der Waals surface area contributed by atoms with Gasteiger partial charge in [-0.05, 0) is 31.5 Å². The molecule has 2 aromatic rings. The van der Waals surface area contributed by atoms with E-state index in [1.54, 1.807) is 31.2 Å². The summed E-state index contributed by atoms with van der Waals surface area (Å²) in [6, 6.07) is 8.84. The molecule has 7 heteroatoms. The zero-order chi connectivity index (χ0) is 17.7. The van der Waals surface area contributed by atoms with Crippen LogP contribution < -0.4 is 10.1 Å². The highest BCUT2D eigenvalue weighted by molar-refractivity contribution is 7.18. The maximum atomic E-state index is 12.5. The standard InChI is InChI=1S/C17H16N2O4S/c1-4-23-13-8-6-5-7-11(13)15(20)19-16-12(9-18)10(2)14(24-16)17(21)22-3/h5-8H,4H2,1-3H3,(H,19,20). The maximum Gasteiger partial charge on any atom is 0.348 e. The fourth-order valence-corrected chi connectivity index (χ4v) is 3.20. The summed E-state index contributed by atoms with van der Waals surface area (Å²) in [5.41, 5.74) is 1.10. The Morgan fingerprint density at radius 1 is 1.33 bits per heavy atom. The number of methoxy groups -OCH3 is 1. The normalized spacial score (nSPS) is 9.92. The predicted octanol–water partition coefficient (Wildman–Crippen LogP) is 3.37. The van der Waals surface area contributed by atoms with Crippen molar-refractivity contribution >= 4 is 28.2 Å². The van der Waals surface area contributed by atoms with Gasteiger partial charge < -0.3 is 14.8 Å². The molecule has 0 fully saturated rings. The second kappa shape index (κ2) is 7.62. The molecule has 1 aromatic carbocycles. The minimum atomic E-state index is -0.538. The summed E-state index contributed by atoms with van der Waals surface area (Å²) in [7, 11) is 1.27. The molecule has 0 spiro atoms. The fourth-order valence-electron chi connectivity index (χ4n) is 2.13. The van der Waals surface area contributed by atoms with Crippen LogP contribution in [0.25, 0.3) is 0 Å². The molecule has 1 amide bonds. The zero-order valence-electron chi connectivity index (χ0n) is 13.5. The SMILES string of the molecule is CCOc1ccccc1C(=O)Nc1sc(C(=O)OC)c(C)c1C#N. The Bertz CT molecular complexity index is 820. The van der Waals surface area contributed by atoms with E-state index < -0.39 is 11.9 Å². The molecule has 0 saturated heterocycles. The third-order valence-corrected chi connectivity index (χ3v) is 4.48. The van der Waals surface area contributed by atoms with E-state index in [-0.39, 0.29) is 5.56 Å². The number of rotatable bonds is 5. The maximum absolute atomic E-state index is 12.5. The van der Waals surface area contributed by atoms with Crippen molar-refractivity contribution in [3.8, 4) is 11.8 Å². The van der Waals surface area contributed by atoms with Crippen LogP contribution in [0.3, 0.4) is 0 Å². The number of hydrogen-bond acceptors (Lipinski definition) is 6. The largest absolute Gasteiger partial charge is 0.493 e. The van der Waals surface area contributed by atoms with Gasteiger partial charge in [-0.15, -0.1) is 11.3 Å². The highest BCUT2D eigenvalue weighted by Gasteiger charge is 2.23. The molecule has 6 nitrogen and oxygen atoms in total. The molecular formula is C17H16N2O4S. The lowest BCUT2D eigenvalue weighted by Crippen LogP contribution is -2.13. The molecule has 0 bridgehead atoms. The summed E-state index contributed by atoms with van der Waals surface area (Å²) in [5, 5.41) is 12.3. The fraction of sp³-hybridized carbons (Fsp3) is 0.235. The lowest BCUT2D eigenvalue weighted by Gasteiger charge is -2.09. The zero-order valence-corrected chi connectivity index (χ0v) is 14.3. The number of esters is 1. The summed E-state index contributed by atoms with van der Waals surface area (Å²) >= 11 is 1.02. The molecule has 0 saturated carbocycles. The van der Waals surface area contributed by atoms with Gasteiger partial charge in [-0.1, -0.05) is 12.1 Å². The number of nitrogens with zero attached hydrogens (tertiary/aromatic N) is 1. The molecule has 0 aliphatic rings. The van der Waals surface area contributed by atoms with E-state index in [0.29, 0.717) is 33.4 Å². The Labute approximate surface area is 143 Å². The van der Waals surface area contributed by atoms with Gasteiger partial charge in [0.1, 0.15) is 21.7 Å². The van der Waals surface area contributed by atoms with Crippen LogP contribution in [0, 0.1) is 18.3 Å². The summed E-state index contributed by atoms with van der Waals surface area (Å²) in [4.78, 5) is 24.6. The van der Waals surface area contributed by atoms with Crippen LogP contribution in [0.1, 0.15) is 38.1 Å². The molecular weight excluding hydrogens is 328 g/mol. The quantitative estimate of drug-likeness (QED) is 0.840. The molecule has 0 unspecified atom stereocenters. The number of para-hydroxylation sites is 1. The first-order chi connectivity index (χ1) is 11.5. The Balaban J connectivity index is 2.37. The van der Waals surface area contributed by atoms with E-state index in [1.165, 1.54) is 7.11 Å². The highest BCUT2D eigenvalue weighted by atomic mass is 32.1. The van der Waals surface area contributed by atoms with Crippen LogP contribution in [0.4, 0.5) is 5.00 Å². The summed E-state index contributed by atoms with van der Waals surface area (Å²) in [6.45, 7) is 3.90. The Kier molecular flexibility index (Phi) is 5.55. The van der Waals surface area contributed by atoms with Crippen LogP contribution in [-0.2, 0) is 4.74 Å². The number of nitrogens with one attached hydrogen (secondary N) is 1. The summed E-state index contributed by atoms with van der Waals surface area (Å²) in [5.74, 6) is -0.491. The second-order valence-corrected chi connectivity index (χ2v) is 5.77. The van der Waals surface area contributed by atoms with Gasteiger partial charge >= 0.3 is 5.97 Å². The van der Waals surface area contributed by atoms with E-state index in [0.717, 1.165) is 11.3 Å². The van der Waals surface area contributed by atoms with Crippen molar-refractivity contribution in [1.29, 1.82) is 5.26 Å².